The molecule has 2 rings (SSSR count). The van der Waals surface area contributed by atoms with Crippen molar-refractivity contribution in [1.82, 2.24) is 0 Å². The molecule has 1 saturated heterocycles. The maximum atomic E-state index is 9.88. The Morgan fingerprint density at radius 3 is 2.44 bits per heavy atom. The molecule has 0 spiro atoms. The van der Waals surface area contributed by atoms with Crippen molar-refractivity contribution in [3.05, 3.63) is 30.3 Å². The number of hydrogen-bond donors (Lipinski definition) is 3. The lowest BCUT2D eigenvalue weighted by Crippen LogP contribution is -2.56. The number of rotatable bonds is 3. The van der Waals surface area contributed by atoms with Gasteiger partial charge < -0.3 is 24.8 Å². The standard InChI is InChI=1S/C13H18O5/c1-8-11(15)12(16)10(7-14)18-13(8)17-9-5-3-2-4-6-9/h2-6,8,10-16H,7H2,1H3/t8-,10+,11+,12-,13?/m0/s1. The monoisotopic (exact) mass is 254 g/mol. The van der Waals surface area contributed by atoms with Crippen LogP contribution in [0, 0.1) is 5.92 Å². The molecule has 1 heterocycles. The summed E-state index contributed by atoms with van der Waals surface area (Å²) in [4.78, 5) is 0. The van der Waals surface area contributed by atoms with Crippen LogP contribution in [0.3, 0.4) is 0 Å². The maximum Gasteiger partial charge on any atom is 0.205 e. The fourth-order valence-electron chi connectivity index (χ4n) is 1.99. The molecule has 3 N–H and O–H groups in total. The molecule has 0 saturated carbocycles. The molecule has 0 amide bonds. The zero-order valence-electron chi connectivity index (χ0n) is 10.1. The minimum absolute atomic E-state index is 0.362. The average molecular weight is 254 g/mol. The van der Waals surface area contributed by atoms with Crippen molar-refractivity contribution in [2.24, 2.45) is 5.92 Å². The highest BCUT2D eigenvalue weighted by Crippen LogP contribution is 2.27. The molecular formula is C13H18O5. The number of ether oxygens (including phenoxy) is 2. The van der Waals surface area contributed by atoms with E-state index < -0.39 is 24.6 Å². The number of para-hydroxylation sites is 1. The summed E-state index contributed by atoms with van der Waals surface area (Å²) in [6.07, 6.45) is -3.60. The van der Waals surface area contributed by atoms with E-state index in [2.05, 4.69) is 0 Å². The van der Waals surface area contributed by atoms with Crippen molar-refractivity contribution >= 4 is 0 Å². The first kappa shape index (κ1) is 13.3. The topological polar surface area (TPSA) is 79.2 Å². The van der Waals surface area contributed by atoms with E-state index in [-0.39, 0.29) is 12.5 Å². The molecule has 0 aliphatic carbocycles. The molecule has 0 bridgehead atoms. The van der Waals surface area contributed by atoms with E-state index >= 15 is 0 Å². The fraction of sp³-hybridized carbons (Fsp3) is 0.538. The second-order valence-electron chi connectivity index (χ2n) is 4.50. The van der Waals surface area contributed by atoms with Crippen LogP contribution in [0.5, 0.6) is 5.75 Å². The number of aliphatic hydroxyl groups is 3. The molecule has 0 aromatic heterocycles. The summed E-state index contributed by atoms with van der Waals surface area (Å²) in [6.45, 7) is 1.37. The molecule has 1 unspecified atom stereocenters. The van der Waals surface area contributed by atoms with E-state index in [4.69, 9.17) is 14.6 Å². The van der Waals surface area contributed by atoms with Crippen molar-refractivity contribution in [3.8, 4) is 5.75 Å². The quantitative estimate of drug-likeness (QED) is 0.715. The Labute approximate surface area is 106 Å². The predicted molar refractivity (Wildman–Crippen MR) is 64.0 cm³/mol. The van der Waals surface area contributed by atoms with E-state index in [0.717, 1.165) is 0 Å². The van der Waals surface area contributed by atoms with Crippen molar-refractivity contribution in [1.29, 1.82) is 0 Å². The molecule has 100 valence electrons. The molecule has 1 aliphatic rings. The first-order chi connectivity index (χ1) is 8.63. The Morgan fingerprint density at radius 2 is 1.83 bits per heavy atom. The molecule has 18 heavy (non-hydrogen) atoms. The molecule has 1 aromatic carbocycles. The van der Waals surface area contributed by atoms with Gasteiger partial charge in [0, 0.05) is 5.92 Å². The van der Waals surface area contributed by atoms with E-state index in [9.17, 15) is 10.2 Å². The van der Waals surface area contributed by atoms with Crippen LogP contribution in [0.4, 0.5) is 0 Å². The molecule has 1 aliphatic heterocycles. The van der Waals surface area contributed by atoms with E-state index in [1.165, 1.54) is 0 Å². The average Bonchev–Trinajstić information content (AvgIpc) is 2.40. The third-order valence-electron chi connectivity index (χ3n) is 3.18. The van der Waals surface area contributed by atoms with Gasteiger partial charge in [0.15, 0.2) is 0 Å². The van der Waals surface area contributed by atoms with Gasteiger partial charge in [-0.3, -0.25) is 0 Å². The Bertz CT molecular complexity index is 367. The van der Waals surface area contributed by atoms with Gasteiger partial charge in [-0.2, -0.15) is 0 Å². The van der Waals surface area contributed by atoms with Gasteiger partial charge in [0.1, 0.15) is 18.0 Å². The van der Waals surface area contributed by atoms with Gasteiger partial charge in [-0.15, -0.1) is 0 Å². The normalized spacial score (nSPS) is 36.3. The Balaban J connectivity index is 2.08. The summed E-state index contributed by atoms with van der Waals surface area (Å²) in [5, 5.41) is 28.7. The Kier molecular flexibility index (Phi) is 4.19. The largest absolute Gasteiger partial charge is 0.465 e. The van der Waals surface area contributed by atoms with Crippen LogP contribution in [-0.2, 0) is 4.74 Å². The second-order valence-corrected chi connectivity index (χ2v) is 4.50. The summed E-state index contributed by atoms with van der Waals surface area (Å²) in [7, 11) is 0. The Morgan fingerprint density at radius 1 is 1.17 bits per heavy atom. The second kappa shape index (κ2) is 5.67. The first-order valence-corrected chi connectivity index (χ1v) is 5.97. The lowest BCUT2D eigenvalue weighted by atomic mass is 9.92. The van der Waals surface area contributed by atoms with Crippen LogP contribution >= 0.6 is 0 Å². The van der Waals surface area contributed by atoms with Gasteiger partial charge in [-0.05, 0) is 12.1 Å². The van der Waals surface area contributed by atoms with Crippen molar-refractivity contribution in [2.45, 2.75) is 31.5 Å². The zero-order chi connectivity index (χ0) is 13.1. The molecule has 1 fully saturated rings. The van der Waals surface area contributed by atoms with Gasteiger partial charge in [0.05, 0.1) is 12.7 Å². The minimum atomic E-state index is -1.10. The lowest BCUT2D eigenvalue weighted by Gasteiger charge is -2.40. The van der Waals surface area contributed by atoms with Gasteiger partial charge in [-0.1, -0.05) is 25.1 Å². The maximum absolute atomic E-state index is 9.88. The number of hydrogen-bond acceptors (Lipinski definition) is 5. The van der Waals surface area contributed by atoms with Crippen molar-refractivity contribution < 1.29 is 24.8 Å². The third-order valence-corrected chi connectivity index (χ3v) is 3.18. The lowest BCUT2D eigenvalue weighted by molar-refractivity contribution is -0.256. The molecule has 5 nitrogen and oxygen atoms in total. The van der Waals surface area contributed by atoms with Crippen LogP contribution in [0.15, 0.2) is 30.3 Å². The fourth-order valence-corrected chi connectivity index (χ4v) is 1.99. The van der Waals surface area contributed by atoms with Crippen LogP contribution in [-0.4, -0.2) is 46.5 Å². The summed E-state index contributed by atoms with van der Waals surface area (Å²) >= 11 is 0. The SMILES string of the molecule is C[C@@H]1C(Oc2ccccc2)O[C@H](CO)[C@H](O)[C@@H]1O. The highest BCUT2D eigenvalue weighted by Gasteiger charge is 2.43. The summed E-state index contributed by atoms with van der Waals surface area (Å²) in [5.74, 6) is 0.234. The van der Waals surface area contributed by atoms with E-state index in [1.807, 2.05) is 18.2 Å². The van der Waals surface area contributed by atoms with Gasteiger partial charge in [0.2, 0.25) is 6.29 Å². The minimum Gasteiger partial charge on any atom is -0.465 e. The van der Waals surface area contributed by atoms with E-state index in [1.54, 1.807) is 19.1 Å². The van der Waals surface area contributed by atoms with Crippen LogP contribution in [0.2, 0.25) is 0 Å². The predicted octanol–water partition coefficient (Wildman–Crippen LogP) is 0.140. The highest BCUT2D eigenvalue weighted by atomic mass is 16.7. The highest BCUT2D eigenvalue weighted by molar-refractivity contribution is 5.21. The third kappa shape index (κ3) is 2.64. The Hall–Kier alpha value is -1.14. The number of benzene rings is 1. The van der Waals surface area contributed by atoms with Gasteiger partial charge >= 0.3 is 0 Å². The molecule has 5 atom stereocenters. The molecule has 5 heteroatoms. The summed E-state index contributed by atoms with van der Waals surface area (Å²) in [6, 6.07) is 9.09. The smallest absolute Gasteiger partial charge is 0.205 e. The molecule has 1 aromatic rings. The number of aliphatic hydroxyl groups excluding tert-OH is 3. The first-order valence-electron chi connectivity index (χ1n) is 5.97. The van der Waals surface area contributed by atoms with Crippen molar-refractivity contribution in [3.63, 3.8) is 0 Å². The van der Waals surface area contributed by atoms with Crippen molar-refractivity contribution in [2.75, 3.05) is 6.61 Å². The summed E-state index contributed by atoms with van der Waals surface area (Å²) < 4.78 is 11.1. The van der Waals surface area contributed by atoms with Crippen LogP contribution in [0.25, 0.3) is 0 Å². The molecule has 0 radical (unpaired) electrons. The van der Waals surface area contributed by atoms with Crippen LogP contribution < -0.4 is 4.74 Å². The van der Waals surface area contributed by atoms with Crippen LogP contribution in [0.1, 0.15) is 6.92 Å². The van der Waals surface area contributed by atoms with E-state index in [0.29, 0.717) is 5.75 Å². The summed E-state index contributed by atoms with van der Waals surface area (Å²) in [5.41, 5.74) is 0. The van der Waals surface area contributed by atoms with Gasteiger partial charge in [-0.25, -0.2) is 0 Å². The molecular weight excluding hydrogens is 236 g/mol. The van der Waals surface area contributed by atoms with Gasteiger partial charge in [0.25, 0.3) is 0 Å². The zero-order valence-corrected chi connectivity index (χ0v) is 10.1.